The van der Waals surface area contributed by atoms with E-state index in [1.165, 1.54) is 12.1 Å². The van der Waals surface area contributed by atoms with Gasteiger partial charge in [0.15, 0.2) is 0 Å². The summed E-state index contributed by atoms with van der Waals surface area (Å²) >= 11 is 0. The number of hydrogen-bond donors (Lipinski definition) is 2. The molecule has 0 radical (unpaired) electrons. The van der Waals surface area contributed by atoms with Gasteiger partial charge in [-0.3, -0.25) is 10.1 Å². The van der Waals surface area contributed by atoms with E-state index in [0.717, 1.165) is 24.8 Å². The van der Waals surface area contributed by atoms with E-state index in [4.69, 9.17) is 5.73 Å². The molecule has 0 aromatic heterocycles. The van der Waals surface area contributed by atoms with Crippen LogP contribution in [0.2, 0.25) is 0 Å². The first-order valence-corrected chi connectivity index (χ1v) is 6.18. The molecule has 98 valence electrons. The van der Waals surface area contributed by atoms with Gasteiger partial charge in [-0.1, -0.05) is 18.6 Å². The van der Waals surface area contributed by atoms with Gasteiger partial charge in [-0.15, -0.1) is 0 Å². The number of aliphatic hydroxyl groups excluding tert-OH is 1. The first-order chi connectivity index (χ1) is 8.63. The van der Waals surface area contributed by atoms with E-state index < -0.39 is 4.92 Å². The number of nitro groups is 1. The molecule has 1 saturated carbocycles. The van der Waals surface area contributed by atoms with Crippen LogP contribution in [0.5, 0.6) is 0 Å². The van der Waals surface area contributed by atoms with Gasteiger partial charge in [0, 0.05) is 30.1 Å². The largest absolute Gasteiger partial charge is 0.396 e. The van der Waals surface area contributed by atoms with Crippen molar-refractivity contribution in [1.29, 1.82) is 0 Å². The molecule has 3 N–H and O–H groups in total. The molecule has 1 atom stereocenters. The number of benzene rings is 1. The predicted octanol–water partition coefficient (Wildman–Crippen LogP) is 1.80. The molecule has 0 spiro atoms. The minimum absolute atomic E-state index is 0.0806. The molecule has 2 rings (SSSR count). The molecule has 1 aliphatic carbocycles. The van der Waals surface area contributed by atoms with Gasteiger partial charge < -0.3 is 10.8 Å². The van der Waals surface area contributed by atoms with Crippen LogP contribution < -0.4 is 5.73 Å². The molecular formula is C13H18N2O3. The lowest BCUT2D eigenvalue weighted by Gasteiger charge is -2.46. The number of non-ortho nitro benzene ring substituents is 1. The Balaban J connectivity index is 2.25. The van der Waals surface area contributed by atoms with Crippen LogP contribution in [0.3, 0.4) is 0 Å². The number of rotatable bonds is 5. The summed E-state index contributed by atoms with van der Waals surface area (Å²) in [5, 5.41) is 20.2. The topological polar surface area (TPSA) is 89.4 Å². The van der Waals surface area contributed by atoms with Crippen LogP contribution in [0, 0.1) is 15.5 Å². The Morgan fingerprint density at radius 1 is 1.39 bits per heavy atom. The number of aliphatic hydroxyl groups is 1. The van der Waals surface area contributed by atoms with E-state index in [9.17, 15) is 15.2 Å². The summed E-state index contributed by atoms with van der Waals surface area (Å²) in [6, 6.07) is 6.51. The minimum atomic E-state index is -0.410. The molecule has 0 bridgehead atoms. The molecule has 0 aliphatic heterocycles. The third-order valence-corrected chi connectivity index (χ3v) is 4.15. The maximum Gasteiger partial charge on any atom is 0.269 e. The second-order valence-electron chi connectivity index (χ2n) is 5.01. The highest BCUT2D eigenvalue weighted by molar-refractivity contribution is 5.35. The first-order valence-electron chi connectivity index (χ1n) is 6.18. The molecule has 5 nitrogen and oxygen atoms in total. The van der Waals surface area contributed by atoms with Crippen LogP contribution in [0.25, 0.3) is 0 Å². The van der Waals surface area contributed by atoms with Crippen molar-refractivity contribution < 1.29 is 10.0 Å². The zero-order valence-electron chi connectivity index (χ0n) is 10.2. The Kier molecular flexibility index (Phi) is 3.63. The average molecular weight is 250 g/mol. The Labute approximate surface area is 106 Å². The summed E-state index contributed by atoms with van der Waals surface area (Å²) in [6.07, 6.45) is 3.06. The van der Waals surface area contributed by atoms with Crippen molar-refractivity contribution in [2.45, 2.75) is 25.2 Å². The van der Waals surface area contributed by atoms with Crippen LogP contribution in [0.4, 0.5) is 5.69 Å². The standard InChI is InChI=1S/C13H18N2O3/c14-8-12(13(9-16)6-1-7-13)10-2-4-11(5-3-10)15(17)18/h2-5,12,16H,1,6-9,14H2/t12-/m0/s1. The van der Waals surface area contributed by atoms with Crippen LogP contribution in [0.15, 0.2) is 24.3 Å². The van der Waals surface area contributed by atoms with Gasteiger partial charge in [0.25, 0.3) is 5.69 Å². The van der Waals surface area contributed by atoms with E-state index in [0.29, 0.717) is 6.54 Å². The summed E-state index contributed by atoms with van der Waals surface area (Å²) < 4.78 is 0. The number of nitro benzene ring substituents is 1. The van der Waals surface area contributed by atoms with Crippen LogP contribution in [0.1, 0.15) is 30.7 Å². The van der Waals surface area contributed by atoms with E-state index >= 15 is 0 Å². The molecule has 1 aromatic carbocycles. The van der Waals surface area contributed by atoms with Crippen molar-refractivity contribution >= 4 is 5.69 Å². The maximum absolute atomic E-state index is 10.6. The summed E-state index contributed by atoms with van der Waals surface area (Å²) in [7, 11) is 0. The summed E-state index contributed by atoms with van der Waals surface area (Å²) in [4.78, 5) is 10.2. The van der Waals surface area contributed by atoms with Gasteiger partial charge in [0.1, 0.15) is 0 Å². The van der Waals surface area contributed by atoms with Gasteiger partial charge in [-0.2, -0.15) is 0 Å². The minimum Gasteiger partial charge on any atom is -0.396 e. The van der Waals surface area contributed by atoms with Crippen molar-refractivity contribution in [3.05, 3.63) is 39.9 Å². The summed E-state index contributed by atoms with van der Waals surface area (Å²) in [6.45, 7) is 0.588. The fourth-order valence-electron chi connectivity index (χ4n) is 2.82. The lowest BCUT2D eigenvalue weighted by molar-refractivity contribution is -0.384. The highest BCUT2D eigenvalue weighted by atomic mass is 16.6. The number of nitrogens with two attached hydrogens (primary N) is 1. The van der Waals surface area contributed by atoms with Crippen molar-refractivity contribution in [1.82, 2.24) is 0 Å². The molecule has 1 aromatic rings. The van der Waals surface area contributed by atoms with Gasteiger partial charge in [-0.25, -0.2) is 0 Å². The maximum atomic E-state index is 10.6. The van der Waals surface area contributed by atoms with Gasteiger partial charge in [0.05, 0.1) is 4.92 Å². The quantitative estimate of drug-likeness (QED) is 0.616. The SMILES string of the molecule is NC[C@@H](c1ccc([N+](=O)[O-])cc1)C1(CO)CCC1. The molecule has 0 unspecified atom stereocenters. The van der Waals surface area contributed by atoms with E-state index in [-0.39, 0.29) is 23.6 Å². The Hall–Kier alpha value is -1.46. The monoisotopic (exact) mass is 250 g/mol. The molecule has 18 heavy (non-hydrogen) atoms. The lowest BCUT2D eigenvalue weighted by Crippen LogP contribution is -2.42. The summed E-state index contributed by atoms with van der Waals surface area (Å²) in [5.41, 5.74) is 6.78. The fourth-order valence-corrected chi connectivity index (χ4v) is 2.82. The van der Waals surface area contributed by atoms with Crippen LogP contribution >= 0.6 is 0 Å². The Bertz CT molecular complexity index is 421. The average Bonchev–Trinajstić information content (AvgIpc) is 2.34. The third-order valence-electron chi connectivity index (χ3n) is 4.15. The molecule has 0 heterocycles. The van der Waals surface area contributed by atoms with Gasteiger partial charge >= 0.3 is 0 Å². The summed E-state index contributed by atoms with van der Waals surface area (Å²) in [5.74, 6) is 0.0806. The lowest BCUT2D eigenvalue weighted by atomic mass is 9.60. The highest BCUT2D eigenvalue weighted by Gasteiger charge is 2.43. The normalized spacial score (nSPS) is 19.0. The van der Waals surface area contributed by atoms with Crippen molar-refractivity contribution in [2.75, 3.05) is 13.2 Å². The molecule has 1 fully saturated rings. The Morgan fingerprint density at radius 2 is 2.00 bits per heavy atom. The van der Waals surface area contributed by atoms with E-state index in [1.807, 2.05) is 0 Å². The molecule has 5 heteroatoms. The fraction of sp³-hybridized carbons (Fsp3) is 0.538. The smallest absolute Gasteiger partial charge is 0.269 e. The number of hydrogen-bond acceptors (Lipinski definition) is 4. The Morgan fingerprint density at radius 3 is 2.33 bits per heavy atom. The molecule has 1 aliphatic rings. The molecule has 0 saturated heterocycles. The van der Waals surface area contributed by atoms with E-state index in [1.54, 1.807) is 12.1 Å². The zero-order chi connectivity index (χ0) is 13.2. The molecule has 0 amide bonds. The van der Waals surface area contributed by atoms with Crippen LogP contribution in [-0.2, 0) is 0 Å². The second-order valence-corrected chi connectivity index (χ2v) is 5.01. The highest BCUT2D eigenvalue weighted by Crippen LogP contribution is 2.50. The first kappa shape index (κ1) is 13.0. The predicted molar refractivity (Wildman–Crippen MR) is 68.3 cm³/mol. The molecular weight excluding hydrogens is 232 g/mol. The third kappa shape index (κ3) is 2.11. The second kappa shape index (κ2) is 5.04. The van der Waals surface area contributed by atoms with Gasteiger partial charge in [-0.05, 0) is 24.9 Å². The zero-order valence-corrected chi connectivity index (χ0v) is 10.2. The van der Waals surface area contributed by atoms with Crippen molar-refractivity contribution in [2.24, 2.45) is 11.1 Å². The van der Waals surface area contributed by atoms with Crippen LogP contribution in [-0.4, -0.2) is 23.2 Å². The number of nitrogens with zero attached hydrogens (tertiary/aromatic N) is 1. The van der Waals surface area contributed by atoms with Gasteiger partial charge in [0.2, 0.25) is 0 Å². The van der Waals surface area contributed by atoms with E-state index in [2.05, 4.69) is 0 Å². The van der Waals surface area contributed by atoms with Crippen molar-refractivity contribution in [3.63, 3.8) is 0 Å². The van der Waals surface area contributed by atoms with Crippen molar-refractivity contribution in [3.8, 4) is 0 Å².